The minimum absolute atomic E-state index is 0.0577. The third-order valence-electron chi connectivity index (χ3n) is 6.19. The topological polar surface area (TPSA) is 59.1 Å². The Bertz CT molecular complexity index is 937. The molecule has 1 atom stereocenters. The largest absolute Gasteiger partial charge is 0.486 e. The molecule has 164 valence electrons. The first kappa shape index (κ1) is 21.2. The predicted octanol–water partition coefficient (Wildman–Crippen LogP) is 3.54. The van der Waals surface area contributed by atoms with Crippen molar-refractivity contribution in [2.24, 2.45) is 5.92 Å². The van der Waals surface area contributed by atoms with E-state index in [0.717, 1.165) is 22.6 Å². The average molecular weight is 423 g/mol. The monoisotopic (exact) mass is 422 g/mol. The van der Waals surface area contributed by atoms with Gasteiger partial charge in [-0.3, -0.25) is 9.59 Å². The molecule has 2 aromatic rings. The maximum absolute atomic E-state index is 13.2. The van der Waals surface area contributed by atoms with Gasteiger partial charge in [-0.05, 0) is 50.5 Å². The number of nitrogens with zero attached hydrogens (tertiary/aromatic N) is 2. The zero-order valence-corrected chi connectivity index (χ0v) is 18.3. The van der Waals surface area contributed by atoms with E-state index in [1.54, 1.807) is 0 Å². The fourth-order valence-corrected chi connectivity index (χ4v) is 4.34. The minimum Gasteiger partial charge on any atom is -0.486 e. The van der Waals surface area contributed by atoms with Crippen molar-refractivity contribution in [2.75, 3.05) is 32.8 Å². The van der Waals surface area contributed by atoms with Crippen LogP contribution in [-0.2, 0) is 4.79 Å². The van der Waals surface area contributed by atoms with E-state index >= 15 is 0 Å². The molecule has 6 heteroatoms. The molecule has 0 aromatic heterocycles. The lowest BCUT2D eigenvalue weighted by atomic mass is 9.94. The zero-order valence-electron chi connectivity index (χ0n) is 18.3. The normalized spacial score (nSPS) is 18.5. The molecule has 1 fully saturated rings. The van der Waals surface area contributed by atoms with Gasteiger partial charge in [0.05, 0.1) is 6.54 Å². The number of carbonyl (C=O) groups excluding carboxylic acids is 2. The Morgan fingerprint density at radius 3 is 2.42 bits per heavy atom. The van der Waals surface area contributed by atoms with Crippen molar-refractivity contribution < 1.29 is 19.1 Å². The van der Waals surface area contributed by atoms with E-state index < -0.39 is 0 Å². The number of amides is 2. The van der Waals surface area contributed by atoms with Crippen molar-refractivity contribution in [3.05, 3.63) is 59.7 Å². The van der Waals surface area contributed by atoms with Crippen LogP contribution in [-0.4, -0.2) is 60.5 Å². The molecule has 2 amide bonds. The summed E-state index contributed by atoms with van der Waals surface area (Å²) in [5.74, 6) is 1.62. The van der Waals surface area contributed by atoms with Gasteiger partial charge in [0.25, 0.3) is 5.91 Å². The molecule has 0 N–H and O–H groups in total. The fraction of sp³-hybridized carbons (Fsp3) is 0.440. The van der Waals surface area contributed by atoms with Crippen LogP contribution in [0.5, 0.6) is 11.5 Å². The Morgan fingerprint density at radius 2 is 1.71 bits per heavy atom. The maximum Gasteiger partial charge on any atom is 0.254 e. The van der Waals surface area contributed by atoms with E-state index in [9.17, 15) is 9.59 Å². The van der Waals surface area contributed by atoms with Gasteiger partial charge in [-0.2, -0.15) is 0 Å². The summed E-state index contributed by atoms with van der Waals surface area (Å²) >= 11 is 0. The molecule has 2 aromatic carbocycles. The Morgan fingerprint density at radius 1 is 1.03 bits per heavy atom. The second-order valence-electron chi connectivity index (χ2n) is 8.26. The third kappa shape index (κ3) is 4.68. The van der Waals surface area contributed by atoms with E-state index in [-0.39, 0.29) is 23.8 Å². The molecule has 0 saturated carbocycles. The van der Waals surface area contributed by atoms with Crippen molar-refractivity contribution in [2.45, 2.75) is 32.8 Å². The van der Waals surface area contributed by atoms with Gasteiger partial charge in [-0.1, -0.05) is 30.3 Å². The molecule has 0 radical (unpaired) electrons. The third-order valence-corrected chi connectivity index (χ3v) is 6.19. The Hall–Kier alpha value is -3.02. The van der Waals surface area contributed by atoms with Gasteiger partial charge in [0.2, 0.25) is 5.91 Å². The van der Waals surface area contributed by atoms with Crippen LogP contribution in [0.15, 0.2) is 48.5 Å². The van der Waals surface area contributed by atoms with Crippen LogP contribution in [0.4, 0.5) is 0 Å². The molecule has 4 rings (SSSR count). The Kier molecular flexibility index (Phi) is 6.44. The lowest BCUT2D eigenvalue weighted by molar-refractivity contribution is -0.138. The summed E-state index contributed by atoms with van der Waals surface area (Å²) in [6.45, 7) is 6.73. The molecule has 2 aliphatic heterocycles. The van der Waals surface area contributed by atoms with Crippen molar-refractivity contribution in [3.63, 3.8) is 0 Å². The number of benzene rings is 2. The summed E-state index contributed by atoms with van der Waals surface area (Å²) in [5.41, 5.74) is 1.73. The van der Waals surface area contributed by atoms with Crippen molar-refractivity contribution in [3.8, 4) is 11.5 Å². The number of rotatable bonds is 5. The molecule has 2 heterocycles. The standard InChI is InChI=1S/C25H30N2O4/c1-3-26(16-20-17-30-22-10-6-7-11-23(22)31-20)24(28)19-12-14-27(15-13-19)25(29)21-9-5-4-8-18(21)2/h4-11,19-20H,3,12-17H2,1-2H3/t20-/m0/s1. The first-order valence-corrected chi connectivity index (χ1v) is 11.1. The second kappa shape index (κ2) is 9.41. The van der Waals surface area contributed by atoms with Gasteiger partial charge in [0.15, 0.2) is 17.6 Å². The molecule has 1 saturated heterocycles. The summed E-state index contributed by atoms with van der Waals surface area (Å²) in [5, 5.41) is 0. The number of carbonyl (C=O) groups is 2. The first-order chi connectivity index (χ1) is 15.1. The van der Waals surface area contributed by atoms with Crippen LogP contribution in [0.2, 0.25) is 0 Å². The van der Waals surface area contributed by atoms with Crippen molar-refractivity contribution in [1.29, 1.82) is 0 Å². The van der Waals surface area contributed by atoms with Crippen LogP contribution in [0, 0.1) is 12.8 Å². The average Bonchev–Trinajstić information content (AvgIpc) is 2.82. The molecule has 0 spiro atoms. The highest BCUT2D eigenvalue weighted by molar-refractivity contribution is 5.95. The van der Waals surface area contributed by atoms with Gasteiger partial charge >= 0.3 is 0 Å². The summed E-state index contributed by atoms with van der Waals surface area (Å²) in [6.07, 6.45) is 1.21. The highest BCUT2D eigenvalue weighted by Gasteiger charge is 2.32. The highest BCUT2D eigenvalue weighted by atomic mass is 16.6. The molecule has 31 heavy (non-hydrogen) atoms. The van der Waals surface area contributed by atoms with Crippen LogP contribution < -0.4 is 9.47 Å². The summed E-state index contributed by atoms with van der Waals surface area (Å²) < 4.78 is 11.8. The number of likely N-dealkylation sites (tertiary alicyclic amines) is 1. The number of likely N-dealkylation sites (N-methyl/N-ethyl adjacent to an activating group) is 1. The number of piperidine rings is 1. The highest BCUT2D eigenvalue weighted by Crippen LogP contribution is 2.31. The molecular weight excluding hydrogens is 392 g/mol. The molecule has 2 aliphatic rings. The lowest BCUT2D eigenvalue weighted by Gasteiger charge is -2.36. The zero-order chi connectivity index (χ0) is 21.8. The van der Waals surface area contributed by atoms with Crippen LogP contribution >= 0.6 is 0 Å². The van der Waals surface area contributed by atoms with Crippen molar-refractivity contribution >= 4 is 11.8 Å². The van der Waals surface area contributed by atoms with E-state index in [1.807, 2.05) is 72.2 Å². The van der Waals surface area contributed by atoms with E-state index in [1.165, 1.54) is 0 Å². The van der Waals surface area contributed by atoms with E-state index in [2.05, 4.69) is 0 Å². The molecule has 0 unspecified atom stereocenters. The van der Waals surface area contributed by atoms with Gasteiger partial charge < -0.3 is 19.3 Å². The van der Waals surface area contributed by atoms with Crippen molar-refractivity contribution in [1.82, 2.24) is 9.80 Å². The smallest absolute Gasteiger partial charge is 0.254 e. The van der Waals surface area contributed by atoms with Gasteiger partial charge in [-0.25, -0.2) is 0 Å². The minimum atomic E-state index is -0.179. The van der Waals surface area contributed by atoms with Crippen LogP contribution in [0.1, 0.15) is 35.7 Å². The Labute approximate surface area is 183 Å². The quantitative estimate of drug-likeness (QED) is 0.740. The molecule has 0 aliphatic carbocycles. The lowest BCUT2D eigenvalue weighted by Crippen LogP contribution is -2.48. The molecule has 0 bridgehead atoms. The second-order valence-corrected chi connectivity index (χ2v) is 8.26. The molecular formula is C25H30N2O4. The fourth-order valence-electron chi connectivity index (χ4n) is 4.34. The summed E-state index contributed by atoms with van der Waals surface area (Å²) in [4.78, 5) is 29.8. The number of hydrogen-bond donors (Lipinski definition) is 0. The SMILES string of the molecule is CCN(C[C@H]1COc2ccccc2O1)C(=O)C1CCN(C(=O)c2ccccc2C)CC1. The first-order valence-electron chi connectivity index (χ1n) is 11.1. The number of aryl methyl sites for hydroxylation is 1. The predicted molar refractivity (Wildman–Crippen MR) is 118 cm³/mol. The number of ether oxygens (including phenoxy) is 2. The van der Waals surface area contributed by atoms with E-state index in [0.29, 0.717) is 45.6 Å². The number of fused-ring (bicyclic) bond motifs is 1. The Balaban J connectivity index is 1.32. The molecule has 6 nitrogen and oxygen atoms in total. The van der Waals surface area contributed by atoms with Gasteiger partial charge in [0, 0.05) is 31.1 Å². The summed E-state index contributed by atoms with van der Waals surface area (Å²) in [7, 11) is 0. The van der Waals surface area contributed by atoms with E-state index in [4.69, 9.17) is 9.47 Å². The van der Waals surface area contributed by atoms with Crippen LogP contribution in [0.25, 0.3) is 0 Å². The van der Waals surface area contributed by atoms with Crippen LogP contribution in [0.3, 0.4) is 0 Å². The number of hydrogen-bond acceptors (Lipinski definition) is 4. The number of para-hydroxylation sites is 2. The summed E-state index contributed by atoms with van der Waals surface area (Å²) in [6, 6.07) is 15.3. The van der Waals surface area contributed by atoms with Gasteiger partial charge in [-0.15, -0.1) is 0 Å². The van der Waals surface area contributed by atoms with Gasteiger partial charge in [0.1, 0.15) is 6.61 Å². The maximum atomic E-state index is 13.2.